The van der Waals surface area contributed by atoms with Gasteiger partial charge in [0.2, 0.25) is 5.91 Å². The average Bonchev–Trinajstić information content (AvgIpc) is 2.56. The van der Waals surface area contributed by atoms with E-state index in [1.54, 1.807) is 19.2 Å². The number of rotatable bonds is 8. The highest BCUT2D eigenvalue weighted by Gasteiger charge is 2.07. The van der Waals surface area contributed by atoms with Gasteiger partial charge < -0.3 is 15.4 Å². The van der Waals surface area contributed by atoms with E-state index in [0.29, 0.717) is 42.9 Å². The molecule has 5 heteroatoms. The van der Waals surface area contributed by atoms with Crippen molar-refractivity contribution in [3.05, 3.63) is 59.4 Å². The van der Waals surface area contributed by atoms with E-state index < -0.39 is 0 Å². The second-order valence-electron chi connectivity index (χ2n) is 5.59. The number of anilines is 1. The summed E-state index contributed by atoms with van der Waals surface area (Å²) in [6.45, 7) is 3.12. The monoisotopic (exact) mass is 330 g/mol. The number of carbonyl (C=O) groups excluding carboxylic acids is 1. The third-order valence-electron chi connectivity index (χ3n) is 3.69. The minimum Gasteiger partial charge on any atom is -0.495 e. The number of aryl methyl sites for hydroxylation is 1. The lowest BCUT2D eigenvalue weighted by atomic mass is 10.1. The molecule has 2 N–H and O–H groups in total. The first kappa shape index (κ1) is 17.9. The molecule has 0 saturated carbocycles. The van der Waals surface area contributed by atoms with E-state index in [-0.39, 0.29) is 11.7 Å². The van der Waals surface area contributed by atoms with Crippen molar-refractivity contribution in [2.24, 2.45) is 0 Å². The van der Waals surface area contributed by atoms with Crippen LogP contribution >= 0.6 is 0 Å². The predicted octanol–water partition coefficient (Wildman–Crippen LogP) is 3.30. The Morgan fingerprint density at radius 3 is 2.71 bits per heavy atom. The van der Waals surface area contributed by atoms with E-state index >= 15 is 0 Å². The van der Waals surface area contributed by atoms with E-state index in [1.165, 1.54) is 6.07 Å². The van der Waals surface area contributed by atoms with Crippen LogP contribution in [-0.4, -0.2) is 26.1 Å². The Bertz CT molecular complexity index is 689. The van der Waals surface area contributed by atoms with Crippen molar-refractivity contribution < 1.29 is 13.9 Å². The summed E-state index contributed by atoms with van der Waals surface area (Å²) in [6.07, 6.45) is 0.939. The standard InChI is InChI=1S/C19H23FN2O2/c1-14-7-8-18(24-2)17(13-14)22-19(23)10-12-21-11-9-15-5-3-4-6-16(15)20/h3-8,13,21H,9-12H2,1-2H3,(H,22,23). The van der Waals surface area contributed by atoms with Crippen LogP contribution in [0.5, 0.6) is 5.75 Å². The van der Waals surface area contributed by atoms with Gasteiger partial charge >= 0.3 is 0 Å². The molecule has 2 aromatic rings. The van der Waals surface area contributed by atoms with Crippen LogP contribution < -0.4 is 15.4 Å². The minimum absolute atomic E-state index is 0.0858. The van der Waals surface area contributed by atoms with Crippen molar-refractivity contribution in [1.29, 1.82) is 0 Å². The van der Waals surface area contributed by atoms with Crippen LogP contribution in [0, 0.1) is 12.7 Å². The zero-order chi connectivity index (χ0) is 17.4. The summed E-state index contributed by atoms with van der Waals surface area (Å²) in [6, 6.07) is 12.4. The number of carbonyl (C=O) groups is 1. The molecule has 4 nitrogen and oxygen atoms in total. The maximum Gasteiger partial charge on any atom is 0.225 e. The van der Waals surface area contributed by atoms with Crippen molar-refractivity contribution >= 4 is 11.6 Å². The molecular weight excluding hydrogens is 307 g/mol. The number of halogens is 1. The Morgan fingerprint density at radius 1 is 1.17 bits per heavy atom. The molecule has 0 aliphatic rings. The average molecular weight is 330 g/mol. The number of methoxy groups -OCH3 is 1. The second kappa shape index (κ2) is 9.03. The summed E-state index contributed by atoms with van der Waals surface area (Å²) in [5.74, 6) is 0.363. The first-order chi connectivity index (χ1) is 11.6. The molecule has 24 heavy (non-hydrogen) atoms. The molecule has 128 valence electrons. The quantitative estimate of drug-likeness (QED) is 0.730. The summed E-state index contributed by atoms with van der Waals surface area (Å²) >= 11 is 0. The fourth-order valence-corrected chi connectivity index (χ4v) is 2.38. The van der Waals surface area contributed by atoms with Crippen molar-refractivity contribution in [3.8, 4) is 5.75 Å². The van der Waals surface area contributed by atoms with E-state index in [1.807, 2.05) is 31.2 Å². The highest BCUT2D eigenvalue weighted by Crippen LogP contribution is 2.25. The van der Waals surface area contributed by atoms with Gasteiger partial charge in [-0.1, -0.05) is 24.3 Å². The zero-order valence-corrected chi connectivity index (χ0v) is 14.1. The van der Waals surface area contributed by atoms with Crippen LogP contribution in [0.1, 0.15) is 17.5 Å². The molecule has 0 saturated heterocycles. The smallest absolute Gasteiger partial charge is 0.225 e. The first-order valence-corrected chi connectivity index (χ1v) is 7.99. The molecule has 2 rings (SSSR count). The highest BCUT2D eigenvalue weighted by molar-refractivity contribution is 5.92. The normalized spacial score (nSPS) is 10.5. The largest absolute Gasteiger partial charge is 0.495 e. The van der Waals surface area contributed by atoms with Crippen LogP contribution in [0.3, 0.4) is 0 Å². The SMILES string of the molecule is COc1ccc(C)cc1NC(=O)CCNCCc1ccccc1F. The Morgan fingerprint density at radius 2 is 1.96 bits per heavy atom. The lowest BCUT2D eigenvalue weighted by Gasteiger charge is -2.11. The van der Waals surface area contributed by atoms with Crippen LogP contribution in [-0.2, 0) is 11.2 Å². The Balaban J connectivity index is 1.72. The lowest BCUT2D eigenvalue weighted by molar-refractivity contribution is -0.116. The molecule has 0 aliphatic carbocycles. The number of ether oxygens (including phenoxy) is 1. The van der Waals surface area contributed by atoms with Gasteiger partial charge in [-0.2, -0.15) is 0 Å². The van der Waals surface area contributed by atoms with Gasteiger partial charge in [0.1, 0.15) is 11.6 Å². The second-order valence-corrected chi connectivity index (χ2v) is 5.59. The number of hydrogen-bond donors (Lipinski definition) is 2. The number of hydrogen-bond acceptors (Lipinski definition) is 3. The first-order valence-electron chi connectivity index (χ1n) is 7.99. The molecule has 0 heterocycles. The third-order valence-corrected chi connectivity index (χ3v) is 3.69. The van der Waals surface area contributed by atoms with E-state index in [4.69, 9.17) is 4.74 Å². The molecule has 0 spiro atoms. The molecule has 0 radical (unpaired) electrons. The van der Waals surface area contributed by atoms with E-state index in [9.17, 15) is 9.18 Å². The van der Waals surface area contributed by atoms with Gasteiger partial charge in [0.15, 0.2) is 0 Å². The summed E-state index contributed by atoms with van der Waals surface area (Å²) in [4.78, 5) is 12.0. The van der Waals surface area contributed by atoms with Crippen LogP contribution in [0.2, 0.25) is 0 Å². The van der Waals surface area contributed by atoms with Gasteiger partial charge in [0.05, 0.1) is 12.8 Å². The summed E-state index contributed by atoms with van der Waals surface area (Å²) in [7, 11) is 1.57. The summed E-state index contributed by atoms with van der Waals surface area (Å²) < 4.78 is 18.7. The summed E-state index contributed by atoms with van der Waals surface area (Å²) in [5.41, 5.74) is 2.40. The molecule has 0 unspecified atom stereocenters. The fourth-order valence-electron chi connectivity index (χ4n) is 2.38. The molecule has 0 aliphatic heterocycles. The predicted molar refractivity (Wildman–Crippen MR) is 94.0 cm³/mol. The van der Waals surface area contributed by atoms with Gasteiger partial charge in [0, 0.05) is 13.0 Å². The van der Waals surface area contributed by atoms with E-state index in [2.05, 4.69) is 10.6 Å². The maximum atomic E-state index is 13.5. The fraction of sp³-hybridized carbons (Fsp3) is 0.316. The van der Waals surface area contributed by atoms with Crippen LogP contribution in [0.15, 0.2) is 42.5 Å². The lowest BCUT2D eigenvalue weighted by Crippen LogP contribution is -2.24. The Kier molecular flexibility index (Phi) is 6.75. The van der Waals surface area contributed by atoms with Gasteiger partial charge in [-0.3, -0.25) is 4.79 Å². The number of nitrogens with one attached hydrogen (secondary N) is 2. The molecule has 0 atom stereocenters. The molecule has 1 amide bonds. The van der Waals surface area contributed by atoms with Gasteiger partial charge in [-0.25, -0.2) is 4.39 Å². The molecule has 0 bridgehead atoms. The Hall–Kier alpha value is -2.40. The van der Waals surface area contributed by atoms with Gasteiger partial charge in [0.25, 0.3) is 0 Å². The summed E-state index contributed by atoms with van der Waals surface area (Å²) in [5, 5.41) is 6.02. The van der Waals surface area contributed by atoms with E-state index in [0.717, 1.165) is 5.56 Å². The van der Waals surface area contributed by atoms with Crippen LogP contribution in [0.25, 0.3) is 0 Å². The third kappa shape index (κ3) is 5.35. The topological polar surface area (TPSA) is 50.4 Å². The van der Waals surface area contributed by atoms with Crippen molar-refractivity contribution in [2.75, 3.05) is 25.5 Å². The molecule has 0 aromatic heterocycles. The number of benzene rings is 2. The maximum absolute atomic E-state index is 13.5. The number of amides is 1. The van der Waals surface area contributed by atoms with Gasteiger partial charge in [-0.15, -0.1) is 0 Å². The molecular formula is C19H23FN2O2. The van der Waals surface area contributed by atoms with Crippen molar-refractivity contribution in [2.45, 2.75) is 19.8 Å². The zero-order valence-electron chi connectivity index (χ0n) is 14.1. The van der Waals surface area contributed by atoms with Gasteiger partial charge in [-0.05, 0) is 49.2 Å². The minimum atomic E-state index is -0.191. The van der Waals surface area contributed by atoms with Crippen LogP contribution in [0.4, 0.5) is 10.1 Å². The molecule has 2 aromatic carbocycles. The molecule has 0 fully saturated rings. The highest BCUT2D eigenvalue weighted by atomic mass is 19.1. The van der Waals surface area contributed by atoms with Crippen molar-refractivity contribution in [1.82, 2.24) is 5.32 Å². The van der Waals surface area contributed by atoms with Crippen molar-refractivity contribution in [3.63, 3.8) is 0 Å². The Labute approximate surface area is 142 Å².